The predicted molar refractivity (Wildman–Crippen MR) is 112 cm³/mol. The van der Waals surface area contributed by atoms with E-state index in [1.54, 1.807) is 25.5 Å². The van der Waals surface area contributed by atoms with Gasteiger partial charge in [-0.1, -0.05) is 23.4 Å². The molecule has 0 atom stereocenters. The zero-order valence-electron chi connectivity index (χ0n) is 16.1. The van der Waals surface area contributed by atoms with Crippen LogP contribution in [0, 0.1) is 6.92 Å². The van der Waals surface area contributed by atoms with Crippen LogP contribution in [0.25, 0.3) is 0 Å². The van der Waals surface area contributed by atoms with E-state index in [4.69, 9.17) is 20.8 Å². The van der Waals surface area contributed by atoms with Crippen molar-refractivity contribution < 1.29 is 13.9 Å². The van der Waals surface area contributed by atoms with Crippen molar-refractivity contribution in [2.75, 3.05) is 18.2 Å². The van der Waals surface area contributed by atoms with Gasteiger partial charge in [0, 0.05) is 17.0 Å². The molecule has 2 heterocycles. The second kappa shape index (κ2) is 8.51. The van der Waals surface area contributed by atoms with Crippen LogP contribution < -0.4 is 10.1 Å². The molecular formula is C20H21ClN4O3S. The first-order valence-corrected chi connectivity index (χ1v) is 10.6. The van der Waals surface area contributed by atoms with Gasteiger partial charge >= 0.3 is 0 Å². The van der Waals surface area contributed by atoms with Gasteiger partial charge in [-0.3, -0.25) is 9.36 Å². The van der Waals surface area contributed by atoms with E-state index in [1.165, 1.54) is 11.8 Å². The SMILES string of the molecule is COc1cc(Cl)c(C)cc1NC(=O)CSc1nnc(C2CC2)n1Cc1ccco1. The first-order valence-electron chi connectivity index (χ1n) is 9.27. The zero-order valence-corrected chi connectivity index (χ0v) is 17.7. The van der Waals surface area contributed by atoms with Crippen LogP contribution in [0.2, 0.25) is 5.02 Å². The van der Waals surface area contributed by atoms with Gasteiger partial charge in [0.1, 0.15) is 17.3 Å². The minimum atomic E-state index is -0.157. The number of thioether (sulfide) groups is 1. The summed E-state index contributed by atoms with van der Waals surface area (Å²) in [6, 6.07) is 7.28. The van der Waals surface area contributed by atoms with Crippen molar-refractivity contribution in [2.24, 2.45) is 0 Å². The number of hydrogen-bond acceptors (Lipinski definition) is 6. The third-order valence-electron chi connectivity index (χ3n) is 4.67. The van der Waals surface area contributed by atoms with Crippen LogP contribution in [0.15, 0.2) is 40.1 Å². The Kier molecular flexibility index (Phi) is 5.82. The van der Waals surface area contributed by atoms with Crippen molar-refractivity contribution in [1.29, 1.82) is 0 Å². The molecule has 1 fully saturated rings. The van der Waals surface area contributed by atoms with E-state index in [2.05, 4.69) is 15.5 Å². The largest absolute Gasteiger partial charge is 0.495 e. The summed E-state index contributed by atoms with van der Waals surface area (Å²) < 4.78 is 12.8. The minimum absolute atomic E-state index is 0.157. The maximum absolute atomic E-state index is 12.5. The number of anilines is 1. The molecule has 0 saturated heterocycles. The third-order valence-corrected chi connectivity index (χ3v) is 6.04. The van der Waals surface area contributed by atoms with E-state index >= 15 is 0 Å². The molecule has 1 saturated carbocycles. The summed E-state index contributed by atoms with van der Waals surface area (Å²) in [6.07, 6.45) is 3.90. The van der Waals surface area contributed by atoms with Gasteiger partial charge in [0.15, 0.2) is 5.16 Å². The van der Waals surface area contributed by atoms with Crippen molar-refractivity contribution in [3.05, 3.63) is 52.7 Å². The monoisotopic (exact) mass is 432 g/mol. The average molecular weight is 433 g/mol. The van der Waals surface area contributed by atoms with Crippen LogP contribution >= 0.6 is 23.4 Å². The molecule has 29 heavy (non-hydrogen) atoms. The Morgan fingerprint density at radius 1 is 1.41 bits per heavy atom. The molecule has 9 heteroatoms. The van der Waals surface area contributed by atoms with E-state index in [9.17, 15) is 4.79 Å². The fraction of sp³-hybridized carbons (Fsp3) is 0.350. The van der Waals surface area contributed by atoms with Crippen LogP contribution in [0.5, 0.6) is 5.75 Å². The number of carbonyl (C=O) groups excluding carboxylic acids is 1. The lowest BCUT2D eigenvalue weighted by Gasteiger charge is -2.12. The molecule has 0 unspecified atom stereocenters. The summed E-state index contributed by atoms with van der Waals surface area (Å²) >= 11 is 7.48. The van der Waals surface area contributed by atoms with E-state index in [-0.39, 0.29) is 11.7 Å². The molecule has 0 radical (unpaired) electrons. The van der Waals surface area contributed by atoms with Crippen molar-refractivity contribution in [1.82, 2.24) is 14.8 Å². The molecule has 152 valence electrons. The number of rotatable bonds is 8. The maximum atomic E-state index is 12.5. The number of hydrogen-bond donors (Lipinski definition) is 1. The van der Waals surface area contributed by atoms with Gasteiger partial charge in [0.05, 0.1) is 31.4 Å². The second-order valence-electron chi connectivity index (χ2n) is 6.92. The Hall–Kier alpha value is -2.45. The van der Waals surface area contributed by atoms with Gasteiger partial charge in [-0.15, -0.1) is 10.2 Å². The number of carbonyl (C=O) groups is 1. The number of aryl methyl sites for hydroxylation is 1. The van der Waals surface area contributed by atoms with Gasteiger partial charge in [0.25, 0.3) is 0 Å². The van der Waals surface area contributed by atoms with Gasteiger partial charge in [-0.05, 0) is 43.5 Å². The lowest BCUT2D eigenvalue weighted by Crippen LogP contribution is -2.15. The van der Waals surface area contributed by atoms with Gasteiger partial charge in [-0.2, -0.15) is 0 Å². The Morgan fingerprint density at radius 3 is 2.93 bits per heavy atom. The zero-order chi connectivity index (χ0) is 20.4. The quantitative estimate of drug-likeness (QED) is 0.528. The smallest absolute Gasteiger partial charge is 0.234 e. The number of benzene rings is 1. The number of aromatic nitrogens is 3. The Morgan fingerprint density at radius 2 is 2.24 bits per heavy atom. The fourth-order valence-electron chi connectivity index (χ4n) is 3.00. The number of nitrogens with zero attached hydrogens (tertiary/aromatic N) is 3. The predicted octanol–water partition coefficient (Wildman–Crippen LogP) is 4.50. The van der Waals surface area contributed by atoms with Crippen LogP contribution in [-0.2, 0) is 11.3 Å². The van der Waals surface area contributed by atoms with Crippen molar-refractivity contribution >= 4 is 35.0 Å². The van der Waals surface area contributed by atoms with Crippen LogP contribution in [0.1, 0.15) is 35.9 Å². The Bertz CT molecular complexity index is 1020. The fourth-order valence-corrected chi connectivity index (χ4v) is 3.90. The molecular weight excluding hydrogens is 412 g/mol. The van der Waals surface area contributed by atoms with Crippen LogP contribution in [0.3, 0.4) is 0 Å². The third kappa shape index (κ3) is 4.59. The van der Waals surface area contributed by atoms with E-state index in [1.807, 2.05) is 23.6 Å². The Labute approximate surface area is 177 Å². The molecule has 1 amide bonds. The standard InChI is InChI=1S/C20H21ClN4O3S/c1-12-8-16(17(27-2)9-15(12)21)22-18(26)11-29-20-24-23-19(13-5-6-13)25(20)10-14-4-3-7-28-14/h3-4,7-9,13H,5-6,10-11H2,1-2H3,(H,22,26). The highest BCUT2D eigenvalue weighted by atomic mass is 35.5. The lowest BCUT2D eigenvalue weighted by molar-refractivity contribution is -0.113. The minimum Gasteiger partial charge on any atom is -0.495 e. The summed E-state index contributed by atoms with van der Waals surface area (Å²) in [5.41, 5.74) is 1.46. The van der Waals surface area contributed by atoms with Gasteiger partial charge in [-0.25, -0.2) is 0 Å². The highest BCUT2D eigenvalue weighted by molar-refractivity contribution is 7.99. The number of methoxy groups -OCH3 is 1. The molecule has 2 aromatic heterocycles. The maximum Gasteiger partial charge on any atom is 0.234 e. The molecule has 0 spiro atoms. The van der Waals surface area contributed by atoms with E-state index in [0.717, 1.165) is 30.0 Å². The average Bonchev–Trinajstić information content (AvgIpc) is 3.27. The first kappa shape index (κ1) is 19.8. The van der Waals surface area contributed by atoms with Crippen molar-refractivity contribution in [3.63, 3.8) is 0 Å². The summed E-state index contributed by atoms with van der Waals surface area (Å²) in [5.74, 6) is 2.80. The number of ether oxygens (including phenoxy) is 1. The Balaban J connectivity index is 1.45. The van der Waals surface area contributed by atoms with Crippen molar-refractivity contribution in [2.45, 2.75) is 37.4 Å². The molecule has 1 aromatic carbocycles. The number of furan rings is 1. The molecule has 1 aliphatic rings. The number of amides is 1. The lowest BCUT2D eigenvalue weighted by atomic mass is 10.2. The van der Waals surface area contributed by atoms with Crippen molar-refractivity contribution in [3.8, 4) is 5.75 Å². The second-order valence-corrected chi connectivity index (χ2v) is 8.27. The topological polar surface area (TPSA) is 82.2 Å². The molecule has 0 aliphatic heterocycles. The van der Waals surface area contributed by atoms with Gasteiger partial charge in [0.2, 0.25) is 5.91 Å². The molecule has 4 rings (SSSR count). The molecule has 3 aromatic rings. The van der Waals surface area contributed by atoms with Crippen LogP contribution in [-0.4, -0.2) is 33.5 Å². The summed E-state index contributed by atoms with van der Waals surface area (Å²) in [5, 5.41) is 12.8. The van der Waals surface area contributed by atoms with E-state index in [0.29, 0.717) is 34.1 Å². The molecule has 1 aliphatic carbocycles. The van der Waals surface area contributed by atoms with E-state index < -0.39 is 0 Å². The van der Waals surface area contributed by atoms with Crippen LogP contribution in [0.4, 0.5) is 5.69 Å². The first-order chi connectivity index (χ1) is 14.0. The molecule has 1 N–H and O–H groups in total. The van der Waals surface area contributed by atoms with Gasteiger partial charge < -0.3 is 14.5 Å². The summed E-state index contributed by atoms with van der Waals surface area (Å²) in [4.78, 5) is 12.5. The molecule has 7 nitrogen and oxygen atoms in total. The normalized spacial score (nSPS) is 13.5. The molecule has 0 bridgehead atoms. The number of halogens is 1. The summed E-state index contributed by atoms with van der Waals surface area (Å²) in [6.45, 7) is 2.43. The highest BCUT2D eigenvalue weighted by Gasteiger charge is 2.30. The summed E-state index contributed by atoms with van der Waals surface area (Å²) in [7, 11) is 1.54. The highest BCUT2D eigenvalue weighted by Crippen LogP contribution is 2.40. The number of nitrogens with one attached hydrogen (secondary N) is 1.